The van der Waals surface area contributed by atoms with Crippen LogP contribution in [0, 0.1) is 17.7 Å². The van der Waals surface area contributed by atoms with E-state index in [1.165, 1.54) is 30.6 Å². The lowest BCUT2D eigenvalue weighted by atomic mass is 9.98. The van der Waals surface area contributed by atoms with Gasteiger partial charge in [-0.25, -0.2) is 19.5 Å². The molecule has 0 radical (unpaired) electrons. The summed E-state index contributed by atoms with van der Waals surface area (Å²) in [6.45, 7) is 5.11. The highest BCUT2D eigenvalue weighted by Crippen LogP contribution is 2.30. The van der Waals surface area contributed by atoms with Crippen molar-refractivity contribution in [3.05, 3.63) is 53.1 Å². The summed E-state index contributed by atoms with van der Waals surface area (Å²) in [5.74, 6) is 6.28. The van der Waals surface area contributed by atoms with Crippen LogP contribution in [0.1, 0.15) is 32.3 Å². The fraction of sp³-hybridized carbons (Fsp3) is 0.292. The third-order valence-corrected chi connectivity index (χ3v) is 6.62. The van der Waals surface area contributed by atoms with Crippen molar-refractivity contribution in [1.82, 2.24) is 14.9 Å². The average molecular weight is 531 g/mol. The molecule has 1 aliphatic heterocycles. The molecule has 4 N–H and O–H groups in total. The van der Waals surface area contributed by atoms with Crippen LogP contribution < -0.4 is 15.2 Å². The molecule has 0 aliphatic carbocycles. The van der Waals surface area contributed by atoms with Crippen molar-refractivity contribution in [3.63, 3.8) is 0 Å². The largest absolute Gasteiger partial charge is 0.340 e. The number of hydrogen-bond donors (Lipinski definition) is 3. The van der Waals surface area contributed by atoms with Gasteiger partial charge < -0.3 is 5.32 Å². The molecule has 1 aromatic heterocycles. The molecule has 1 aliphatic rings. The van der Waals surface area contributed by atoms with Gasteiger partial charge in [-0.1, -0.05) is 23.4 Å². The van der Waals surface area contributed by atoms with Gasteiger partial charge in [0.1, 0.15) is 23.7 Å². The van der Waals surface area contributed by atoms with Crippen LogP contribution in [0.2, 0.25) is 5.02 Å². The van der Waals surface area contributed by atoms with E-state index in [1.54, 1.807) is 6.07 Å². The van der Waals surface area contributed by atoms with E-state index in [1.807, 2.05) is 13.8 Å². The lowest BCUT2D eigenvalue weighted by molar-refractivity contribution is -0.122. The van der Waals surface area contributed by atoms with Crippen LogP contribution in [0.25, 0.3) is 10.9 Å². The molecule has 0 saturated carbocycles. The second-order valence-electron chi connectivity index (χ2n) is 8.87. The fourth-order valence-corrected chi connectivity index (χ4v) is 4.52. The van der Waals surface area contributed by atoms with Gasteiger partial charge in [0.15, 0.2) is 0 Å². The monoisotopic (exact) mass is 530 g/mol. The number of halogens is 2. The number of hydrogen-bond acceptors (Lipinski definition) is 7. The van der Waals surface area contributed by atoms with E-state index in [0.717, 1.165) is 0 Å². The third kappa shape index (κ3) is 6.09. The number of Topliss-reactive ketones (excluding diaryl/α,β-unsaturated/α-hetero) is 1. The maximum absolute atomic E-state index is 13.5. The standard InChI is InChI=1S/C24H24ClFN6O3S/c1-24(2,32-9-6-17(33)7-10-32)8-5-15-11-22-18(13-21(15)31-36(27,34)35)23(29-14-28-22)30-16-3-4-20(26)19(25)12-16/h3-4,11-14,31H,6-7,9-10H2,1-2H3,(H2,27,34,35)(H,28,29,30). The molecule has 4 rings (SSSR count). The Hall–Kier alpha value is -3.30. The van der Waals surface area contributed by atoms with Crippen molar-refractivity contribution in [2.24, 2.45) is 5.14 Å². The number of nitrogens with one attached hydrogen (secondary N) is 2. The van der Waals surface area contributed by atoms with Crippen molar-refractivity contribution >= 4 is 55.7 Å². The highest BCUT2D eigenvalue weighted by Gasteiger charge is 2.28. The van der Waals surface area contributed by atoms with Gasteiger partial charge in [-0.05, 0) is 44.2 Å². The number of benzene rings is 2. The first kappa shape index (κ1) is 25.8. The number of carbonyl (C=O) groups is 1. The number of nitrogens with two attached hydrogens (primary N) is 1. The Labute approximate surface area is 213 Å². The Kier molecular flexibility index (Phi) is 7.15. The van der Waals surface area contributed by atoms with E-state index < -0.39 is 21.6 Å². The quantitative estimate of drug-likeness (QED) is 0.430. The predicted octanol–water partition coefficient (Wildman–Crippen LogP) is 3.58. The van der Waals surface area contributed by atoms with Gasteiger partial charge in [0.05, 0.1) is 27.3 Å². The first-order valence-electron chi connectivity index (χ1n) is 11.0. The van der Waals surface area contributed by atoms with Crippen LogP contribution in [0.15, 0.2) is 36.7 Å². The number of piperidine rings is 1. The normalized spacial score (nSPS) is 14.9. The van der Waals surface area contributed by atoms with Crippen LogP contribution in [-0.2, 0) is 15.0 Å². The second-order valence-corrected chi connectivity index (χ2v) is 10.6. The van der Waals surface area contributed by atoms with Gasteiger partial charge in [-0.2, -0.15) is 8.42 Å². The number of likely N-dealkylation sites (tertiary alicyclic amines) is 1. The molecule has 0 unspecified atom stereocenters. The van der Waals surface area contributed by atoms with Crippen molar-refractivity contribution < 1.29 is 17.6 Å². The highest BCUT2D eigenvalue weighted by atomic mass is 35.5. The number of nitrogens with zero attached hydrogens (tertiary/aromatic N) is 3. The van der Waals surface area contributed by atoms with Gasteiger partial charge in [0.25, 0.3) is 10.2 Å². The summed E-state index contributed by atoms with van der Waals surface area (Å²) in [7, 11) is -4.12. The maximum atomic E-state index is 13.5. The topological polar surface area (TPSA) is 130 Å². The molecule has 1 saturated heterocycles. The number of aromatic nitrogens is 2. The molecule has 9 nitrogen and oxygen atoms in total. The molecule has 12 heteroatoms. The van der Waals surface area contributed by atoms with E-state index in [2.05, 4.69) is 36.7 Å². The second kappa shape index (κ2) is 9.99. The highest BCUT2D eigenvalue weighted by molar-refractivity contribution is 7.90. The summed E-state index contributed by atoms with van der Waals surface area (Å²) in [5.41, 5.74) is 0.929. The number of anilines is 3. The minimum Gasteiger partial charge on any atom is -0.340 e. The Morgan fingerprint density at radius 1 is 1.17 bits per heavy atom. The number of fused-ring (bicyclic) bond motifs is 1. The minimum atomic E-state index is -4.12. The molecule has 2 aromatic carbocycles. The van der Waals surface area contributed by atoms with E-state index in [9.17, 15) is 17.6 Å². The average Bonchev–Trinajstić information content (AvgIpc) is 2.80. The summed E-state index contributed by atoms with van der Waals surface area (Å²) in [5, 5.41) is 8.72. The van der Waals surface area contributed by atoms with E-state index >= 15 is 0 Å². The lowest BCUT2D eigenvalue weighted by Crippen LogP contribution is -2.47. The molecule has 1 fully saturated rings. The van der Waals surface area contributed by atoms with Crippen molar-refractivity contribution in [1.29, 1.82) is 0 Å². The van der Waals surface area contributed by atoms with Crippen LogP contribution in [-0.4, -0.2) is 47.7 Å². The van der Waals surface area contributed by atoms with Crippen LogP contribution >= 0.6 is 11.6 Å². The summed E-state index contributed by atoms with van der Waals surface area (Å²) in [6, 6.07) is 7.29. The van der Waals surface area contributed by atoms with Crippen molar-refractivity contribution in [2.45, 2.75) is 32.2 Å². The Morgan fingerprint density at radius 3 is 2.56 bits per heavy atom. The lowest BCUT2D eigenvalue weighted by Gasteiger charge is -2.36. The van der Waals surface area contributed by atoms with Gasteiger partial charge in [-0.15, -0.1) is 0 Å². The minimum absolute atomic E-state index is 0.0619. The van der Waals surface area contributed by atoms with Crippen molar-refractivity contribution in [2.75, 3.05) is 23.1 Å². The van der Waals surface area contributed by atoms with Crippen LogP contribution in [0.3, 0.4) is 0 Å². The maximum Gasteiger partial charge on any atom is 0.296 e. The zero-order chi connectivity index (χ0) is 26.1. The molecule has 2 heterocycles. The molecule has 188 valence electrons. The summed E-state index contributed by atoms with van der Waals surface area (Å²) < 4.78 is 39.6. The Bertz CT molecular complexity index is 1510. The molecule has 0 spiro atoms. The smallest absolute Gasteiger partial charge is 0.296 e. The van der Waals surface area contributed by atoms with Gasteiger partial charge in [0, 0.05) is 37.0 Å². The molecule has 36 heavy (non-hydrogen) atoms. The first-order valence-corrected chi connectivity index (χ1v) is 12.9. The van der Waals surface area contributed by atoms with Gasteiger partial charge >= 0.3 is 0 Å². The third-order valence-electron chi connectivity index (χ3n) is 5.82. The number of ketones is 1. The van der Waals surface area contributed by atoms with E-state index in [0.29, 0.717) is 53.9 Å². The zero-order valence-electron chi connectivity index (χ0n) is 19.6. The van der Waals surface area contributed by atoms with Gasteiger partial charge in [0.2, 0.25) is 0 Å². The summed E-state index contributed by atoms with van der Waals surface area (Å²) in [6.07, 6.45) is 2.30. The molecule has 0 amide bonds. The number of rotatable bonds is 5. The van der Waals surface area contributed by atoms with Crippen LogP contribution in [0.5, 0.6) is 0 Å². The molecular weight excluding hydrogens is 507 g/mol. The van der Waals surface area contributed by atoms with E-state index in [-0.39, 0.29) is 16.5 Å². The Balaban J connectivity index is 1.75. The Morgan fingerprint density at radius 2 is 1.89 bits per heavy atom. The summed E-state index contributed by atoms with van der Waals surface area (Å²) >= 11 is 5.88. The summed E-state index contributed by atoms with van der Waals surface area (Å²) in [4.78, 5) is 22.3. The fourth-order valence-electron chi connectivity index (χ4n) is 3.87. The first-order chi connectivity index (χ1) is 16.9. The zero-order valence-corrected chi connectivity index (χ0v) is 21.2. The number of carbonyl (C=O) groups excluding carboxylic acids is 1. The molecule has 0 atom stereocenters. The van der Waals surface area contributed by atoms with Crippen molar-refractivity contribution in [3.8, 4) is 11.8 Å². The molecular formula is C24H24ClFN6O3S. The molecule has 0 bridgehead atoms. The van der Waals surface area contributed by atoms with Gasteiger partial charge in [-0.3, -0.25) is 14.4 Å². The molecule has 3 aromatic rings. The SMILES string of the molecule is CC(C)(C#Cc1cc2ncnc(Nc3ccc(F)c(Cl)c3)c2cc1NS(N)(=O)=O)N1CCC(=O)CC1. The van der Waals surface area contributed by atoms with Crippen LogP contribution in [0.4, 0.5) is 21.6 Å². The predicted molar refractivity (Wildman–Crippen MR) is 138 cm³/mol. The van der Waals surface area contributed by atoms with E-state index in [4.69, 9.17) is 16.7 Å².